The van der Waals surface area contributed by atoms with Crippen LogP contribution in [0.4, 0.5) is 0 Å². The predicted molar refractivity (Wildman–Crippen MR) is 48.6 cm³/mol. The molecule has 2 heteroatoms. The highest BCUT2D eigenvalue weighted by Crippen LogP contribution is 2.04. The zero-order valence-corrected chi connectivity index (χ0v) is 8.55. The third kappa shape index (κ3) is 6.30. The topological polar surface area (TPSA) is 9.23 Å². The third-order valence-electron chi connectivity index (χ3n) is 1.34. The summed E-state index contributed by atoms with van der Waals surface area (Å²) >= 11 is 0. The fourth-order valence-corrected chi connectivity index (χ4v) is 1.79. The van der Waals surface area contributed by atoms with Crippen molar-refractivity contribution in [2.45, 2.75) is 45.4 Å². The van der Waals surface area contributed by atoms with E-state index in [4.69, 9.17) is 4.43 Å². The molecule has 1 atom stereocenters. The lowest BCUT2D eigenvalue weighted by Crippen LogP contribution is -2.17. The average molecular weight is 159 g/mol. The molecule has 1 radical (unpaired) electrons. The Kier molecular flexibility index (Phi) is 6.03. The molecule has 0 aromatic heterocycles. The Morgan fingerprint density at radius 2 is 2.10 bits per heavy atom. The zero-order chi connectivity index (χ0) is 7.98. The first kappa shape index (κ1) is 10.2. The van der Waals surface area contributed by atoms with Gasteiger partial charge in [0.15, 0.2) is 9.04 Å². The van der Waals surface area contributed by atoms with Crippen molar-refractivity contribution in [1.29, 1.82) is 0 Å². The first-order valence-electron chi connectivity index (χ1n) is 4.15. The number of unbranched alkanes of at least 4 members (excludes halogenated alkanes) is 1. The Morgan fingerprint density at radius 3 is 2.50 bits per heavy atom. The van der Waals surface area contributed by atoms with Crippen molar-refractivity contribution in [3.05, 3.63) is 6.92 Å². The van der Waals surface area contributed by atoms with Gasteiger partial charge in [0.2, 0.25) is 0 Å². The Bertz CT molecular complexity index is 73.7. The molecule has 0 aromatic carbocycles. The highest BCUT2D eigenvalue weighted by molar-refractivity contribution is 6.48. The smallest absolute Gasteiger partial charge is 0.171 e. The van der Waals surface area contributed by atoms with Gasteiger partial charge >= 0.3 is 0 Å². The van der Waals surface area contributed by atoms with Crippen molar-refractivity contribution in [1.82, 2.24) is 0 Å². The van der Waals surface area contributed by atoms with E-state index in [1.807, 2.05) is 0 Å². The molecule has 0 bridgehead atoms. The van der Waals surface area contributed by atoms with Crippen molar-refractivity contribution >= 4 is 9.04 Å². The Labute approximate surface area is 66.5 Å². The van der Waals surface area contributed by atoms with Crippen LogP contribution in [0.5, 0.6) is 0 Å². The number of rotatable bonds is 5. The zero-order valence-electron chi connectivity index (χ0n) is 7.39. The van der Waals surface area contributed by atoms with Crippen LogP contribution >= 0.6 is 0 Å². The van der Waals surface area contributed by atoms with Crippen LogP contribution in [0.2, 0.25) is 13.1 Å². The predicted octanol–water partition coefficient (Wildman–Crippen LogP) is 2.38. The molecule has 0 rings (SSSR count). The highest BCUT2D eigenvalue weighted by Gasteiger charge is 2.03. The average Bonchev–Trinajstić information content (AvgIpc) is 1.82. The van der Waals surface area contributed by atoms with Crippen LogP contribution in [0.1, 0.15) is 26.2 Å². The maximum Gasteiger partial charge on any atom is 0.171 e. The quantitative estimate of drug-likeness (QED) is 0.560. The van der Waals surface area contributed by atoms with Crippen LogP contribution in [0, 0.1) is 6.92 Å². The molecule has 0 N–H and O–H groups in total. The minimum Gasteiger partial charge on any atom is -0.418 e. The van der Waals surface area contributed by atoms with Gasteiger partial charge in [-0.3, -0.25) is 0 Å². The van der Waals surface area contributed by atoms with Crippen molar-refractivity contribution in [3.63, 3.8) is 0 Å². The molecule has 0 heterocycles. The maximum absolute atomic E-state index is 5.58. The molecule has 0 amide bonds. The molecule has 0 aliphatic carbocycles. The van der Waals surface area contributed by atoms with Crippen LogP contribution in [-0.4, -0.2) is 15.1 Å². The minimum atomic E-state index is -0.834. The summed E-state index contributed by atoms with van der Waals surface area (Å²) in [5, 5.41) is 0. The molecule has 0 saturated heterocycles. The van der Waals surface area contributed by atoms with Gasteiger partial charge in [-0.15, -0.1) is 0 Å². The summed E-state index contributed by atoms with van der Waals surface area (Å²) < 4.78 is 5.58. The molecule has 0 saturated carbocycles. The minimum absolute atomic E-state index is 0.256. The third-order valence-corrected chi connectivity index (χ3v) is 2.27. The van der Waals surface area contributed by atoms with Crippen molar-refractivity contribution < 1.29 is 4.43 Å². The molecule has 61 valence electrons. The van der Waals surface area contributed by atoms with Gasteiger partial charge in [-0.25, -0.2) is 0 Å². The summed E-state index contributed by atoms with van der Waals surface area (Å²) in [6, 6.07) is 0. The second kappa shape index (κ2) is 5.92. The number of hydrogen-bond acceptors (Lipinski definition) is 1. The van der Waals surface area contributed by atoms with Crippen LogP contribution in [-0.2, 0) is 4.43 Å². The summed E-state index contributed by atoms with van der Waals surface area (Å²) in [6.45, 7) is 10.5. The van der Waals surface area contributed by atoms with E-state index in [-0.39, 0.29) is 6.10 Å². The van der Waals surface area contributed by atoms with E-state index >= 15 is 0 Å². The molecule has 0 aromatic rings. The summed E-state index contributed by atoms with van der Waals surface area (Å²) in [4.78, 5) is 0. The summed E-state index contributed by atoms with van der Waals surface area (Å²) in [6.07, 6.45) is 3.87. The van der Waals surface area contributed by atoms with Crippen LogP contribution in [0.15, 0.2) is 0 Å². The molecular formula is C8H19OSi. The first-order valence-corrected chi connectivity index (χ1v) is 6.93. The van der Waals surface area contributed by atoms with Gasteiger partial charge in [0, 0.05) is 6.10 Å². The lowest BCUT2D eigenvalue weighted by Gasteiger charge is -2.14. The molecular weight excluding hydrogens is 140 g/mol. The van der Waals surface area contributed by atoms with Gasteiger partial charge in [0.05, 0.1) is 0 Å². The summed E-state index contributed by atoms with van der Waals surface area (Å²) in [7, 11) is -0.834. The largest absolute Gasteiger partial charge is 0.418 e. The highest BCUT2D eigenvalue weighted by atomic mass is 28.3. The first-order chi connectivity index (χ1) is 4.66. The maximum atomic E-state index is 5.58. The van der Waals surface area contributed by atoms with Gasteiger partial charge in [-0.1, -0.05) is 19.8 Å². The fourth-order valence-electron chi connectivity index (χ4n) is 0.885. The van der Waals surface area contributed by atoms with E-state index in [9.17, 15) is 0 Å². The Morgan fingerprint density at radius 1 is 1.50 bits per heavy atom. The second-order valence-corrected chi connectivity index (χ2v) is 5.32. The van der Waals surface area contributed by atoms with Gasteiger partial charge in [-0.2, -0.15) is 0 Å². The SMILES string of the molecule is [CH2]C(CCCC)O[SiH](C)C. The number of hydrogen-bond donors (Lipinski definition) is 0. The molecule has 0 aliphatic heterocycles. The van der Waals surface area contributed by atoms with Crippen LogP contribution in [0.25, 0.3) is 0 Å². The van der Waals surface area contributed by atoms with E-state index in [1.54, 1.807) is 0 Å². The van der Waals surface area contributed by atoms with E-state index in [2.05, 4.69) is 26.9 Å². The van der Waals surface area contributed by atoms with E-state index in [0.717, 1.165) is 6.42 Å². The van der Waals surface area contributed by atoms with E-state index in [0.29, 0.717) is 0 Å². The van der Waals surface area contributed by atoms with Crippen molar-refractivity contribution in [2.75, 3.05) is 0 Å². The summed E-state index contributed by atoms with van der Waals surface area (Å²) in [5.41, 5.74) is 0. The van der Waals surface area contributed by atoms with Crippen LogP contribution in [0.3, 0.4) is 0 Å². The summed E-state index contributed by atoms with van der Waals surface area (Å²) in [5.74, 6) is 0. The van der Waals surface area contributed by atoms with Crippen LogP contribution < -0.4 is 0 Å². The Balaban J connectivity index is 3.16. The lowest BCUT2D eigenvalue weighted by atomic mass is 10.2. The van der Waals surface area contributed by atoms with Gasteiger partial charge < -0.3 is 4.43 Å². The Hall–Kier alpha value is 0.177. The molecule has 10 heavy (non-hydrogen) atoms. The second-order valence-electron chi connectivity index (χ2n) is 2.95. The van der Waals surface area contributed by atoms with Gasteiger partial charge in [0.1, 0.15) is 0 Å². The van der Waals surface area contributed by atoms with Gasteiger partial charge in [0.25, 0.3) is 0 Å². The molecule has 0 spiro atoms. The molecule has 0 fully saturated rings. The van der Waals surface area contributed by atoms with Crippen molar-refractivity contribution in [2.24, 2.45) is 0 Å². The van der Waals surface area contributed by atoms with Crippen molar-refractivity contribution in [3.8, 4) is 0 Å². The lowest BCUT2D eigenvalue weighted by molar-refractivity contribution is 0.236. The van der Waals surface area contributed by atoms with E-state index in [1.165, 1.54) is 12.8 Å². The van der Waals surface area contributed by atoms with E-state index < -0.39 is 9.04 Å². The fraction of sp³-hybridized carbons (Fsp3) is 0.875. The normalized spacial score (nSPS) is 14.1. The monoisotopic (exact) mass is 159 g/mol. The standard InChI is InChI=1S/C8H19OSi/c1-5-6-7-8(2)9-10(3)4/h8,10H,2,5-7H2,1,3-4H3. The van der Waals surface area contributed by atoms with Gasteiger partial charge in [-0.05, 0) is 26.4 Å². The molecule has 0 aliphatic rings. The molecule has 1 unspecified atom stereocenters. The molecule has 1 nitrogen and oxygen atoms in total.